The van der Waals surface area contributed by atoms with Crippen LogP contribution >= 0.6 is 0 Å². The van der Waals surface area contributed by atoms with E-state index < -0.39 is 11.6 Å². The second-order valence-electron chi connectivity index (χ2n) is 7.76. The Labute approximate surface area is 193 Å². The van der Waals surface area contributed by atoms with E-state index in [-0.39, 0.29) is 24.3 Å². The molecule has 5 aromatic rings. The molecule has 0 saturated carbocycles. The minimum Gasteiger partial charge on any atom is -0.490 e. The van der Waals surface area contributed by atoms with Crippen molar-refractivity contribution >= 4 is 22.1 Å². The number of rotatable bonds is 9. The van der Waals surface area contributed by atoms with Crippen LogP contribution < -0.4 is 9.47 Å². The van der Waals surface area contributed by atoms with Gasteiger partial charge in [0.05, 0.1) is 23.8 Å². The van der Waals surface area contributed by atoms with Gasteiger partial charge in [-0.2, -0.15) is 0 Å². The van der Waals surface area contributed by atoms with E-state index in [0.717, 1.165) is 34.1 Å². The molecule has 0 aliphatic heterocycles. The van der Waals surface area contributed by atoms with Gasteiger partial charge in [0, 0.05) is 31.2 Å². The number of pyridine rings is 1. The minimum absolute atomic E-state index is 0.00957. The van der Waals surface area contributed by atoms with Crippen molar-refractivity contribution in [3.63, 3.8) is 0 Å². The molecule has 174 valence electrons. The molecule has 0 fully saturated rings. The number of fused-ring (bicyclic) bond motifs is 2. The summed E-state index contributed by atoms with van der Waals surface area (Å²) in [5.41, 5.74) is 3.25. The van der Waals surface area contributed by atoms with Crippen LogP contribution in [0.5, 0.6) is 11.5 Å². The molecule has 2 aromatic carbocycles. The number of aromatic amines is 2. The van der Waals surface area contributed by atoms with Gasteiger partial charge in [0.2, 0.25) is 0 Å². The van der Waals surface area contributed by atoms with Crippen LogP contribution in [0.15, 0.2) is 54.9 Å². The number of ether oxygens (including phenoxy) is 3. The summed E-state index contributed by atoms with van der Waals surface area (Å²) in [6.07, 6.45) is 3.52. The Morgan fingerprint density at radius 1 is 0.971 bits per heavy atom. The lowest BCUT2D eigenvalue weighted by atomic mass is 10.0. The number of para-hydroxylation sites is 2. The van der Waals surface area contributed by atoms with Crippen molar-refractivity contribution in [3.8, 4) is 11.5 Å². The molecule has 9 heteroatoms. The van der Waals surface area contributed by atoms with Gasteiger partial charge >= 0.3 is 0 Å². The van der Waals surface area contributed by atoms with Gasteiger partial charge in [-0.25, -0.2) is 18.7 Å². The van der Waals surface area contributed by atoms with Gasteiger partial charge < -0.3 is 24.2 Å². The van der Waals surface area contributed by atoms with Crippen molar-refractivity contribution in [1.82, 2.24) is 19.9 Å². The fraction of sp³-hybridized carbons (Fsp3) is 0.200. The molecule has 0 radical (unpaired) electrons. The highest BCUT2D eigenvalue weighted by Gasteiger charge is 2.15. The Morgan fingerprint density at radius 3 is 2.71 bits per heavy atom. The Kier molecular flexibility index (Phi) is 6.09. The number of methoxy groups -OCH3 is 1. The van der Waals surface area contributed by atoms with Gasteiger partial charge in [0.25, 0.3) is 0 Å². The third-order valence-corrected chi connectivity index (χ3v) is 5.43. The molecular formula is C25H22F2N4O3. The first kappa shape index (κ1) is 21.8. The van der Waals surface area contributed by atoms with Crippen LogP contribution in [0.25, 0.3) is 22.1 Å². The molecule has 2 N–H and O–H groups in total. The number of nitrogens with zero attached hydrogens (tertiary/aromatic N) is 2. The lowest BCUT2D eigenvalue weighted by molar-refractivity contribution is 0.146. The zero-order valence-corrected chi connectivity index (χ0v) is 18.4. The standard InChI is InChI=1S/C25H22F2N4O3/c1-32-6-7-33-17-10-18-16(12-28-25(18)29-13-17)8-15-9-20(27)23(11-19(15)26)34-14-24-30-21-4-2-3-5-22(21)31-24/h2-5,9-13H,6-8,14H2,1H3,(H,28,29)(H,30,31). The smallest absolute Gasteiger partial charge is 0.165 e. The van der Waals surface area contributed by atoms with E-state index in [9.17, 15) is 8.78 Å². The zero-order chi connectivity index (χ0) is 23.5. The fourth-order valence-electron chi connectivity index (χ4n) is 3.75. The summed E-state index contributed by atoms with van der Waals surface area (Å²) in [5.74, 6) is -0.271. The predicted molar refractivity (Wildman–Crippen MR) is 123 cm³/mol. The number of halogens is 2. The van der Waals surface area contributed by atoms with Gasteiger partial charge in [-0.1, -0.05) is 12.1 Å². The number of benzene rings is 2. The molecule has 0 saturated heterocycles. The number of aromatic nitrogens is 4. The van der Waals surface area contributed by atoms with Crippen molar-refractivity contribution in [2.45, 2.75) is 13.0 Å². The molecule has 3 heterocycles. The maximum atomic E-state index is 14.9. The Bertz CT molecular complexity index is 1410. The quantitative estimate of drug-likeness (QED) is 0.303. The number of nitrogens with one attached hydrogen (secondary N) is 2. The van der Waals surface area contributed by atoms with Crippen LogP contribution in [0.2, 0.25) is 0 Å². The monoisotopic (exact) mass is 464 g/mol. The molecule has 34 heavy (non-hydrogen) atoms. The SMILES string of the molecule is COCCOc1cnc2[nH]cc(Cc3cc(F)c(OCc4nc5ccccc5[nH]4)cc3F)c2c1. The number of imidazole rings is 1. The summed E-state index contributed by atoms with van der Waals surface area (Å²) < 4.78 is 45.7. The molecular weight excluding hydrogens is 442 g/mol. The first-order valence-electron chi connectivity index (χ1n) is 10.7. The maximum absolute atomic E-state index is 14.9. The van der Waals surface area contributed by atoms with E-state index >= 15 is 0 Å². The zero-order valence-electron chi connectivity index (χ0n) is 18.4. The Hall–Kier alpha value is -3.98. The van der Waals surface area contributed by atoms with Crippen LogP contribution in [-0.4, -0.2) is 40.3 Å². The molecule has 7 nitrogen and oxygen atoms in total. The molecule has 3 aromatic heterocycles. The summed E-state index contributed by atoms with van der Waals surface area (Å²) in [4.78, 5) is 14.9. The molecule has 0 aliphatic carbocycles. The van der Waals surface area contributed by atoms with Gasteiger partial charge in [-0.05, 0) is 35.4 Å². The second-order valence-corrected chi connectivity index (χ2v) is 7.76. The normalized spacial score (nSPS) is 11.4. The van der Waals surface area contributed by atoms with Gasteiger partial charge in [0.1, 0.15) is 36.3 Å². The van der Waals surface area contributed by atoms with Gasteiger partial charge in [-0.15, -0.1) is 0 Å². The highest BCUT2D eigenvalue weighted by Crippen LogP contribution is 2.28. The number of hydrogen-bond donors (Lipinski definition) is 2. The third kappa shape index (κ3) is 4.55. The van der Waals surface area contributed by atoms with E-state index in [0.29, 0.717) is 30.4 Å². The van der Waals surface area contributed by atoms with E-state index in [4.69, 9.17) is 14.2 Å². The first-order chi connectivity index (χ1) is 16.6. The van der Waals surface area contributed by atoms with Crippen molar-refractivity contribution in [2.75, 3.05) is 20.3 Å². The van der Waals surface area contributed by atoms with Crippen molar-refractivity contribution in [2.24, 2.45) is 0 Å². The van der Waals surface area contributed by atoms with Crippen molar-refractivity contribution < 1.29 is 23.0 Å². The average molecular weight is 464 g/mol. The first-order valence-corrected chi connectivity index (χ1v) is 10.7. The van der Waals surface area contributed by atoms with Crippen LogP contribution in [0, 0.1) is 11.6 Å². The van der Waals surface area contributed by atoms with Crippen LogP contribution in [0.3, 0.4) is 0 Å². The average Bonchev–Trinajstić information content (AvgIpc) is 3.44. The van der Waals surface area contributed by atoms with Crippen molar-refractivity contribution in [1.29, 1.82) is 0 Å². The summed E-state index contributed by atoms with van der Waals surface area (Å²) in [6, 6.07) is 11.6. The molecule has 0 bridgehead atoms. The molecule has 0 amide bonds. The summed E-state index contributed by atoms with van der Waals surface area (Å²) >= 11 is 0. The fourth-order valence-corrected chi connectivity index (χ4v) is 3.75. The van der Waals surface area contributed by atoms with Crippen LogP contribution in [0.4, 0.5) is 8.78 Å². The van der Waals surface area contributed by atoms with E-state index in [1.54, 1.807) is 19.5 Å². The molecule has 0 unspecified atom stereocenters. The lowest BCUT2D eigenvalue weighted by Gasteiger charge is -2.09. The minimum atomic E-state index is -0.644. The summed E-state index contributed by atoms with van der Waals surface area (Å²) in [7, 11) is 1.60. The van der Waals surface area contributed by atoms with Crippen LogP contribution in [-0.2, 0) is 17.8 Å². The Balaban J connectivity index is 1.32. The number of H-pyrrole nitrogens is 2. The lowest BCUT2D eigenvalue weighted by Crippen LogP contribution is -2.04. The second kappa shape index (κ2) is 9.48. The molecule has 0 spiro atoms. The topological polar surface area (TPSA) is 85.1 Å². The van der Waals surface area contributed by atoms with Crippen molar-refractivity contribution in [3.05, 3.63) is 83.4 Å². The molecule has 0 atom stereocenters. The Morgan fingerprint density at radius 2 is 1.85 bits per heavy atom. The van der Waals surface area contributed by atoms with E-state index in [1.165, 1.54) is 0 Å². The summed E-state index contributed by atoms with van der Waals surface area (Å²) in [5, 5.41) is 0.778. The number of hydrogen-bond acceptors (Lipinski definition) is 5. The summed E-state index contributed by atoms with van der Waals surface area (Å²) in [6.45, 7) is 0.830. The van der Waals surface area contributed by atoms with Crippen LogP contribution in [0.1, 0.15) is 17.0 Å². The van der Waals surface area contributed by atoms with Gasteiger partial charge in [0.15, 0.2) is 11.6 Å². The maximum Gasteiger partial charge on any atom is 0.165 e. The highest BCUT2D eigenvalue weighted by atomic mass is 19.1. The van der Waals surface area contributed by atoms with E-state index in [2.05, 4.69) is 19.9 Å². The highest BCUT2D eigenvalue weighted by molar-refractivity contribution is 5.81. The predicted octanol–water partition coefficient (Wildman–Crippen LogP) is 4.91. The van der Waals surface area contributed by atoms with E-state index in [1.807, 2.05) is 30.3 Å². The molecule has 5 rings (SSSR count). The van der Waals surface area contributed by atoms with Gasteiger partial charge in [-0.3, -0.25) is 0 Å². The molecule has 0 aliphatic rings. The largest absolute Gasteiger partial charge is 0.490 e. The third-order valence-electron chi connectivity index (χ3n) is 5.43.